The summed E-state index contributed by atoms with van der Waals surface area (Å²) in [5, 5.41) is 6.63. The average Bonchev–Trinajstić information content (AvgIpc) is 2.79. The lowest BCUT2D eigenvalue weighted by Crippen LogP contribution is -2.33. The molecule has 0 aromatic heterocycles. The first kappa shape index (κ1) is 16.6. The maximum atomic E-state index is 12.6. The van der Waals surface area contributed by atoms with Crippen LogP contribution in [0.4, 0.5) is 17.1 Å². The van der Waals surface area contributed by atoms with Crippen molar-refractivity contribution in [2.75, 3.05) is 35.7 Å². The number of anilines is 3. The van der Waals surface area contributed by atoms with Gasteiger partial charge in [0.15, 0.2) is 5.78 Å². The van der Waals surface area contributed by atoms with Crippen molar-refractivity contribution >= 4 is 28.8 Å². The van der Waals surface area contributed by atoms with E-state index in [0.29, 0.717) is 19.5 Å². The lowest BCUT2D eigenvalue weighted by atomic mass is 9.85. The minimum atomic E-state index is -0.492. The normalized spacial score (nSPS) is 18.3. The molecular weight excluding hydrogens is 326 g/mol. The minimum Gasteiger partial charge on any atom is -0.382 e. The van der Waals surface area contributed by atoms with Crippen molar-refractivity contribution in [3.05, 3.63) is 42.0 Å². The Kier molecular flexibility index (Phi) is 3.75. The monoisotopic (exact) mass is 349 g/mol. The molecule has 26 heavy (non-hydrogen) atoms. The molecule has 2 heterocycles. The second-order valence-electron chi connectivity index (χ2n) is 7.52. The van der Waals surface area contributed by atoms with Crippen molar-refractivity contribution < 1.29 is 9.59 Å². The summed E-state index contributed by atoms with van der Waals surface area (Å²) < 4.78 is 0. The molecule has 0 unspecified atom stereocenters. The van der Waals surface area contributed by atoms with Crippen molar-refractivity contribution in [2.45, 2.75) is 25.7 Å². The predicted molar refractivity (Wildman–Crippen MR) is 105 cm³/mol. The Labute approximate surface area is 153 Å². The van der Waals surface area contributed by atoms with E-state index in [-0.39, 0.29) is 11.7 Å². The van der Waals surface area contributed by atoms with Crippen LogP contribution in [0.1, 0.15) is 25.8 Å². The molecule has 2 aromatic rings. The quantitative estimate of drug-likeness (QED) is 0.828. The smallest absolute Gasteiger partial charge is 0.236 e. The Balaban J connectivity index is 1.81. The van der Waals surface area contributed by atoms with Crippen LogP contribution in [0.5, 0.6) is 0 Å². The lowest BCUT2D eigenvalue weighted by Gasteiger charge is -2.21. The second kappa shape index (κ2) is 5.87. The molecule has 0 spiro atoms. The summed E-state index contributed by atoms with van der Waals surface area (Å²) in [6.45, 7) is 4.92. The van der Waals surface area contributed by atoms with E-state index in [4.69, 9.17) is 0 Å². The molecule has 0 fully saturated rings. The molecule has 0 radical (unpaired) electrons. The molecule has 0 aliphatic carbocycles. The zero-order valence-corrected chi connectivity index (χ0v) is 15.3. The summed E-state index contributed by atoms with van der Waals surface area (Å²) in [6, 6.07) is 12.3. The highest BCUT2D eigenvalue weighted by Crippen LogP contribution is 2.44. The van der Waals surface area contributed by atoms with Crippen LogP contribution >= 0.6 is 0 Å². The number of rotatable bonds is 1. The first-order chi connectivity index (χ1) is 12.4. The van der Waals surface area contributed by atoms with Crippen LogP contribution < -0.4 is 15.5 Å². The summed E-state index contributed by atoms with van der Waals surface area (Å²) in [4.78, 5) is 26.0. The molecule has 2 aliphatic rings. The van der Waals surface area contributed by atoms with E-state index >= 15 is 0 Å². The van der Waals surface area contributed by atoms with Crippen molar-refractivity contribution in [3.63, 3.8) is 0 Å². The summed E-state index contributed by atoms with van der Waals surface area (Å²) in [7, 11) is 1.83. The Bertz CT molecular complexity index is 917. The number of carbonyl (C=O) groups is 2. The van der Waals surface area contributed by atoms with Gasteiger partial charge in [0.1, 0.15) is 0 Å². The zero-order valence-electron chi connectivity index (χ0n) is 15.3. The third-order valence-corrected chi connectivity index (χ3v) is 5.43. The van der Waals surface area contributed by atoms with Crippen LogP contribution in [0.3, 0.4) is 0 Å². The van der Waals surface area contributed by atoms with Gasteiger partial charge in [0.05, 0.1) is 23.3 Å². The van der Waals surface area contributed by atoms with Crippen molar-refractivity contribution in [1.82, 2.24) is 0 Å². The van der Waals surface area contributed by atoms with Gasteiger partial charge in [0.2, 0.25) is 5.91 Å². The molecule has 2 N–H and O–H groups in total. The van der Waals surface area contributed by atoms with Crippen LogP contribution in [0.25, 0.3) is 11.1 Å². The maximum Gasteiger partial charge on any atom is 0.236 e. The highest BCUT2D eigenvalue weighted by atomic mass is 16.2. The van der Waals surface area contributed by atoms with Crippen molar-refractivity contribution in [2.24, 2.45) is 0 Å². The van der Waals surface area contributed by atoms with Crippen molar-refractivity contribution in [1.29, 1.82) is 0 Å². The molecule has 0 saturated heterocycles. The summed E-state index contributed by atoms with van der Waals surface area (Å²) in [5.74, 6) is 0.319. The minimum absolute atomic E-state index is 0.117. The van der Waals surface area contributed by atoms with Gasteiger partial charge < -0.3 is 15.5 Å². The summed E-state index contributed by atoms with van der Waals surface area (Å²) >= 11 is 0. The fourth-order valence-electron chi connectivity index (χ4n) is 3.89. The van der Waals surface area contributed by atoms with Gasteiger partial charge in [-0.2, -0.15) is 0 Å². The lowest BCUT2D eigenvalue weighted by molar-refractivity contribution is -0.121. The number of ketones is 1. The van der Waals surface area contributed by atoms with Gasteiger partial charge in [0, 0.05) is 31.3 Å². The number of likely N-dealkylation sites (N-methyl/N-ethyl adjacent to an activating group) is 1. The van der Waals surface area contributed by atoms with Crippen molar-refractivity contribution in [3.8, 4) is 11.1 Å². The van der Waals surface area contributed by atoms with E-state index in [9.17, 15) is 9.59 Å². The molecule has 4 rings (SSSR count). The highest BCUT2D eigenvalue weighted by molar-refractivity contribution is 6.08. The van der Waals surface area contributed by atoms with Gasteiger partial charge in [-0.05, 0) is 37.1 Å². The molecule has 2 aliphatic heterocycles. The SMILES string of the molecule is CN1C(=O)C(C)(C)c2ccc(-c3cccc4c3NCCC(=O)CN4)cc21. The van der Waals surface area contributed by atoms with Gasteiger partial charge in [-0.25, -0.2) is 0 Å². The number of benzene rings is 2. The van der Waals surface area contributed by atoms with Gasteiger partial charge in [-0.3, -0.25) is 9.59 Å². The van der Waals surface area contributed by atoms with Gasteiger partial charge in [0.25, 0.3) is 0 Å². The third-order valence-electron chi connectivity index (χ3n) is 5.43. The topological polar surface area (TPSA) is 61.4 Å². The van der Waals surface area contributed by atoms with Gasteiger partial charge >= 0.3 is 0 Å². The number of para-hydroxylation sites is 1. The van der Waals surface area contributed by atoms with E-state index in [1.54, 1.807) is 4.90 Å². The van der Waals surface area contributed by atoms with E-state index < -0.39 is 5.41 Å². The standard InChI is InChI=1S/C21H23N3O2/c1-21(2)16-8-7-13(11-18(16)24(3)20(21)26)15-5-4-6-17-19(15)22-10-9-14(25)12-23-17/h4-8,11,22-23H,9-10,12H2,1-3H3. The maximum absolute atomic E-state index is 12.6. The molecule has 5 heteroatoms. The molecule has 5 nitrogen and oxygen atoms in total. The van der Waals surface area contributed by atoms with E-state index in [1.807, 2.05) is 33.0 Å². The van der Waals surface area contributed by atoms with Gasteiger partial charge in [-0.1, -0.05) is 24.3 Å². The molecule has 134 valence electrons. The number of Topliss-reactive ketones (excluding diaryl/α,β-unsaturated/α-hetero) is 1. The second-order valence-corrected chi connectivity index (χ2v) is 7.52. The number of hydrogen-bond acceptors (Lipinski definition) is 4. The highest BCUT2D eigenvalue weighted by Gasteiger charge is 2.42. The predicted octanol–water partition coefficient (Wildman–Crippen LogP) is 3.40. The Morgan fingerprint density at radius 1 is 1.08 bits per heavy atom. The van der Waals surface area contributed by atoms with Crippen LogP contribution in [-0.4, -0.2) is 31.8 Å². The number of nitrogens with zero attached hydrogens (tertiary/aromatic N) is 1. The molecule has 0 saturated carbocycles. The Morgan fingerprint density at radius 2 is 1.88 bits per heavy atom. The summed E-state index contributed by atoms with van der Waals surface area (Å²) in [6.07, 6.45) is 0.510. The number of nitrogens with one attached hydrogen (secondary N) is 2. The van der Waals surface area contributed by atoms with Crippen LogP contribution in [0, 0.1) is 0 Å². The first-order valence-electron chi connectivity index (χ1n) is 8.95. The number of carbonyl (C=O) groups excluding carboxylic acids is 2. The molecular formula is C21H23N3O2. The van der Waals surface area contributed by atoms with Gasteiger partial charge in [-0.15, -0.1) is 0 Å². The van der Waals surface area contributed by atoms with E-state index in [0.717, 1.165) is 33.8 Å². The van der Waals surface area contributed by atoms with E-state index in [1.165, 1.54) is 0 Å². The molecule has 0 bridgehead atoms. The zero-order chi connectivity index (χ0) is 18.5. The van der Waals surface area contributed by atoms with Crippen LogP contribution in [0.15, 0.2) is 36.4 Å². The molecule has 2 aromatic carbocycles. The summed E-state index contributed by atoms with van der Waals surface area (Å²) in [5.41, 5.74) is 5.59. The average molecular weight is 349 g/mol. The Hall–Kier alpha value is -2.82. The fourth-order valence-corrected chi connectivity index (χ4v) is 3.89. The molecule has 0 atom stereocenters. The number of amides is 1. The third kappa shape index (κ3) is 2.46. The molecule has 1 amide bonds. The van der Waals surface area contributed by atoms with E-state index in [2.05, 4.69) is 34.9 Å². The number of fused-ring (bicyclic) bond motifs is 2. The Morgan fingerprint density at radius 3 is 2.69 bits per heavy atom. The fraction of sp³-hybridized carbons (Fsp3) is 0.333. The largest absolute Gasteiger partial charge is 0.382 e. The first-order valence-corrected chi connectivity index (χ1v) is 8.95. The van der Waals surface area contributed by atoms with Crippen LogP contribution in [0.2, 0.25) is 0 Å². The number of hydrogen-bond donors (Lipinski definition) is 2. The van der Waals surface area contributed by atoms with Crippen LogP contribution in [-0.2, 0) is 15.0 Å².